The number of nitrogens with zero attached hydrogens (tertiary/aromatic N) is 1. The van der Waals surface area contributed by atoms with Crippen LogP contribution in [0.5, 0.6) is 0 Å². The third kappa shape index (κ3) is 7.68. The fourth-order valence-electron chi connectivity index (χ4n) is 5.59. The Hall–Kier alpha value is -4.04. The molecular weight excluding hydrogens is 540 g/mol. The maximum atomic E-state index is 13.5. The first-order chi connectivity index (χ1) is 20.7. The van der Waals surface area contributed by atoms with E-state index in [4.69, 9.17) is 10.5 Å². The SMILES string of the molecule is CC(C)COC(=O)Cc1ccc2c(c1)NC(=O)[C@@H](C)CCC[C@H](NC(=O)c1ccc(CN)c(C3CC3)c1)c1cc-2ccn1. The van der Waals surface area contributed by atoms with Crippen molar-refractivity contribution in [2.45, 2.75) is 77.8 Å². The van der Waals surface area contributed by atoms with Crippen LogP contribution in [0.4, 0.5) is 5.69 Å². The Bertz CT molecular complexity index is 1500. The Morgan fingerprint density at radius 3 is 2.63 bits per heavy atom. The summed E-state index contributed by atoms with van der Waals surface area (Å²) in [5.74, 6) is -0.0102. The molecule has 226 valence electrons. The van der Waals surface area contributed by atoms with Crippen LogP contribution in [0.15, 0.2) is 54.7 Å². The third-order valence-corrected chi connectivity index (χ3v) is 8.25. The number of esters is 1. The van der Waals surface area contributed by atoms with Crippen molar-refractivity contribution in [2.24, 2.45) is 17.6 Å². The van der Waals surface area contributed by atoms with Crippen LogP contribution in [0.25, 0.3) is 11.1 Å². The van der Waals surface area contributed by atoms with E-state index < -0.39 is 0 Å². The molecular formula is C35H42N4O4. The van der Waals surface area contributed by atoms with Crippen molar-refractivity contribution in [1.82, 2.24) is 10.3 Å². The summed E-state index contributed by atoms with van der Waals surface area (Å²) in [6.07, 6.45) is 6.17. The van der Waals surface area contributed by atoms with Gasteiger partial charge in [-0.3, -0.25) is 19.4 Å². The number of hydrogen-bond donors (Lipinski definition) is 3. The normalized spacial score (nSPS) is 18.6. The quantitative estimate of drug-likeness (QED) is 0.278. The predicted molar refractivity (Wildman–Crippen MR) is 167 cm³/mol. The van der Waals surface area contributed by atoms with Crippen molar-refractivity contribution in [3.63, 3.8) is 0 Å². The van der Waals surface area contributed by atoms with Crippen molar-refractivity contribution in [3.8, 4) is 11.1 Å². The molecule has 3 aromatic rings. The zero-order chi connectivity index (χ0) is 30.5. The van der Waals surface area contributed by atoms with E-state index in [0.29, 0.717) is 43.2 Å². The van der Waals surface area contributed by atoms with E-state index >= 15 is 0 Å². The molecule has 2 atom stereocenters. The molecule has 1 saturated carbocycles. The second-order valence-corrected chi connectivity index (χ2v) is 12.3. The monoisotopic (exact) mass is 582 g/mol. The van der Waals surface area contributed by atoms with E-state index in [9.17, 15) is 14.4 Å². The van der Waals surface area contributed by atoms with Crippen LogP contribution < -0.4 is 16.4 Å². The molecule has 8 nitrogen and oxygen atoms in total. The van der Waals surface area contributed by atoms with Crippen LogP contribution in [0, 0.1) is 11.8 Å². The molecule has 0 spiro atoms. The molecule has 43 heavy (non-hydrogen) atoms. The maximum absolute atomic E-state index is 13.5. The van der Waals surface area contributed by atoms with Crippen LogP contribution >= 0.6 is 0 Å². The molecule has 1 aliphatic carbocycles. The standard InChI is InChI=1S/C35H42N4O4/c1-21(2)20-43-33(40)16-23-7-12-28-25-13-14-37-32(18-25)30(6-4-5-22(3)34(41)39-31(28)15-23)38-35(42)26-10-11-27(19-36)29(17-26)24-8-9-24/h7,10-15,17-18,21-22,24,30H,4-6,8-9,16,19-20,36H2,1-3H3,(H,38,42)(H,39,41)/t22-,30-/m0/s1. The number of nitrogens with two attached hydrogens (primary N) is 1. The molecule has 8 heteroatoms. The van der Waals surface area contributed by atoms with E-state index in [-0.39, 0.29) is 42.1 Å². The molecule has 1 fully saturated rings. The minimum atomic E-state index is -0.320. The third-order valence-electron chi connectivity index (χ3n) is 8.25. The summed E-state index contributed by atoms with van der Waals surface area (Å²) in [6, 6.07) is 15.0. The first kappa shape index (κ1) is 30.4. The Morgan fingerprint density at radius 1 is 1.07 bits per heavy atom. The fourth-order valence-corrected chi connectivity index (χ4v) is 5.59. The highest BCUT2D eigenvalue weighted by molar-refractivity contribution is 5.97. The summed E-state index contributed by atoms with van der Waals surface area (Å²) in [5, 5.41) is 6.34. The number of hydrogen-bond acceptors (Lipinski definition) is 6. The fraction of sp³-hybridized carbons (Fsp3) is 0.429. The second-order valence-electron chi connectivity index (χ2n) is 12.3. The van der Waals surface area contributed by atoms with Gasteiger partial charge in [-0.1, -0.05) is 45.4 Å². The first-order valence-corrected chi connectivity index (χ1v) is 15.4. The Balaban J connectivity index is 1.43. The zero-order valence-electron chi connectivity index (χ0n) is 25.3. The molecule has 1 aromatic heterocycles. The van der Waals surface area contributed by atoms with Gasteiger partial charge in [0.05, 0.1) is 24.8 Å². The minimum absolute atomic E-state index is 0.0798. The van der Waals surface area contributed by atoms with Gasteiger partial charge < -0.3 is 21.1 Å². The molecule has 1 aliphatic heterocycles. The van der Waals surface area contributed by atoms with Crippen LogP contribution in [0.3, 0.4) is 0 Å². The molecule has 2 aromatic carbocycles. The van der Waals surface area contributed by atoms with Crippen LogP contribution in [0.2, 0.25) is 0 Å². The van der Waals surface area contributed by atoms with E-state index in [2.05, 4.69) is 15.6 Å². The highest BCUT2D eigenvalue weighted by Crippen LogP contribution is 2.42. The van der Waals surface area contributed by atoms with Crippen LogP contribution in [-0.2, 0) is 27.3 Å². The van der Waals surface area contributed by atoms with Crippen molar-refractivity contribution in [2.75, 3.05) is 11.9 Å². The lowest BCUT2D eigenvalue weighted by Crippen LogP contribution is -2.30. The topological polar surface area (TPSA) is 123 Å². The minimum Gasteiger partial charge on any atom is -0.465 e. The van der Waals surface area contributed by atoms with Gasteiger partial charge in [0.15, 0.2) is 0 Å². The van der Waals surface area contributed by atoms with Crippen LogP contribution in [0.1, 0.15) is 97.6 Å². The van der Waals surface area contributed by atoms with E-state index in [1.165, 1.54) is 5.56 Å². The van der Waals surface area contributed by atoms with Gasteiger partial charge in [0.1, 0.15) is 0 Å². The second kappa shape index (κ2) is 13.5. The highest BCUT2D eigenvalue weighted by Gasteiger charge is 2.27. The molecule has 0 radical (unpaired) electrons. The summed E-state index contributed by atoms with van der Waals surface area (Å²) >= 11 is 0. The molecule has 2 amide bonds. The average molecular weight is 583 g/mol. The average Bonchev–Trinajstić information content (AvgIpc) is 3.84. The Kier molecular flexibility index (Phi) is 9.56. The van der Waals surface area contributed by atoms with E-state index in [1.54, 1.807) is 6.20 Å². The lowest BCUT2D eigenvalue weighted by molar-refractivity contribution is -0.143. The van der Waals surface area contributed by atoms with Crippen molar-refractivity contribution < 1.29 is 19.1 Å². The summed E-state index contributed by atoms with van der Waals surface area (Å²) < 4.78 is 5.37. The number of anilines is 1. The van der Waals surface area contributed by atoms with Crippen LogP contribution in [-0.4, -0.2) is 29.4 Å². The summed E-state index contributed by atoms with van der Waals surface area (Å²) in [7, 11) is 0. The number of nitrogens with one attached hydrogen (secondary N) is 2. The number of ether oxygens (including phenoxy) is 1. The number of pyridine rings is 1. The smallest absolute Gasteiger partial charge is 0.310 e. The zero-order valence-corrected chi connectivity index (χ0v) is 25.3. The number of aromatic nitrogens is 1. The lowest BCUT2D eigenvalue weighted by atomic mass is 9.94. The summed E-state index contributed by atoms with van der Waals surface area (Å²) in [6.45, 7) is 6.74. The van der Waals surface area contributed by atoms with Gasteiger partial charge in [0, 0.05) is 35.5 Å². The Morgan fingerprint density at radius 2 is 1.88 bits per heavy atom. The largest absolute Gasteiger partial charge is 0.465 e. The molecule has 0 saturated heterocycles. The van der Waals surface area contributed by atoms with Gasteiger partial charge in [-0.15, -0.1) is 0 Å². The molecule has 5 rings (SSSR count). The number of benzene rings is 2. The number of amides is 2. The lowest BCUT2D eigenvalue weighted by Gasteiger charge is -2.23. The van der Waals surface area contributed by atoms with E-state index in [0.717, 1.165) is 47.2 Å². The van der Waals surface area contributed by atoms with Crippen molar-refractivity contribution in [3.05, 3.63) is 82.7 Å². The molecule has 0 unspecified atom stereocenters. The van der Waals surface area contributed by atoms with E-state index in [1.807, 2.05) is 69.3 Å². The highest BCUT2D eigenvalue weighted by atomic mass is 16.5. The number of fused-ring (bicyclic) bond motifs is 4. The number of rotatable bonds is 8. The molecule has 2 aliphatic rings. The molecule has 2 bridgehead atoms. The number of carbonyl (C=O) groups excluding carboxylic acids is 3. The first-order valence-electron chi connectivity index (χ1n) is 15.4. The predicted octanol–water partition coefficient (Wildman–Crippen LogP) is 6.06. The van der Waals surface area contributed by atoms with Gasteiger partial charge in [0.2, 0.25) is 5.91 Å². The van der Waals surface area contributed by atoms with Crippen molar-refractivity contribution >= 4 is 23.5 Å². The number of carbonyl (C=O) groups is 3. The summed E-state index contributed by atoms with van der Waals surface area (Å²) in [5.41, 5.74) is 12.7. The molecule has 4 N–H and O–H groups in total. The van der Waals surface area contributed by atoms with Gasteiger partial charge in [0.25, 0.3) is 5.91 Å². The van der Waals surface area contributed by atoms with Gasteiger partial charge in [-0.2, -0.15) is 0 Å². The van der Waals surface area contributed by atoms with Crippen molar-refractivity contribution in [1.29, 1.82) is 0 Å². The van der Waals surface area contributed by atoms with Gasteiger partial charge >= 0.3 is 5.97 Å². The van der Waals surface area contributed by atoms with Gasteiger partial charge in [-0.25, -0.2) is 0 Å². The van der Waals surface area contributed by atoms with Gasteiger partial charge in [-0.05, 0) is 90.1 Å². The summed E-state index contributed by atoms with van der Waals surface area (Å²) in [4.78, 5) is 43.8. The molecule has 2 heterocycles. The Labute approximate surface area is 253 Å². The maximum Gasteiger partial charge on any atom is 0.310 e.